The Morgan fingerprint density at radius 1 is 1.54 bits per heavy atom. The molecular formula is C8H14O5. The first kappa shape index (κ1) is 10.6. The summed E-state index contributed by atoms with van der Waals surface area (Å²) in [6, 6.07) is 0. The van der Waals surface area contributed by atoms with E-state index in [1.807, 2.05) is 0 Å². The third-order valence-corrected chi connectivity index (χ3v) is 2.28. The van der Waals surface area contributed by atoms with Gasteiger partial charge in [0.1, 0.15) is 11.7 Å². The maximum atomic E-state index is 10.9. The van der Waals surface area contributed by atoms with Crippen molar-refractivity contribution in [2.75, 3.05) is 13.2 Å². The number of hydrogen-bond acceptors (Lipinski definition) is 5. The number of ketones is 1. The van der Waals surface area contributed by atoms with E-state index in [1.54, 1.807) is 0 Å². The molecule has 2 atom stereocenters. The zero-order valence-corrected chi connectivity index (χ0v) is 7.43. The van der Waals surface area contributed by atoms with Crippen molar-refractivity contribution < 1.29 is 24.9 Å². The molecule has 0 spiro atoms. The maximum absolute atomic E-state index is 10.9. The number of aliphatic hydroxyl groups is 3. The van der Waals surface area contributed by atoms with E-state index in [2.05, 4.69) is 0 Å². The zero-order valence-electron chi connectivity index (χ0n) is 7.43. The van der Waals surface area contributed by atoms with Crippen LogP contribution in [-0.2, 0) is 9.53 Å². The minimum atomic E-state index is -1.16. The van der Waals surface area contributed by atoms with E-state index in [-0.39, 0.29) is 12.2 Å². The van der Waals surface area contributed by atoms with E-state index in [0.29, 0.717) is 0 Å². The van der Waals surface area contributed by atoms with Crippen LogP contribution in [0.15, 0.2) is 0 Å². The van der Waals surface area contributed by atoms with Gasteiger partial charge in [-0.15, -0.1) is 0 Å². The van der Waals surface area contributed by atoms with Crippen molar-refractivity contribution in [3.63, 3.8) is 0 Å². The molecule has 0 aromatic carbocycles. The van der Waals surface area contributed by atoms with Crippen LogP contribution in [0.25, 0.3) is 0 Å². The van der Waals surface area contributed by atoms with Crippen LogP contribution >= 0.6 is 0 Å². The lowest BCUT2D eigenvalue weighted by atomic mass is 9.99. The average Bonchev–Trinajstić information content (AvgIpc) is 2.44. The Morgan fingerprint density at radius 3 is 2.31 bits per heavy atom. The molecule has 1 fully saturated rings. The lowest BCUT2D eigenvalue weighted by Crippen LogP contribution is -2.38. The van der Waals surface area contributed by atoms with E-state index < -0.39 is 31.0 Å². The first-order valence-electron chi connectivity index (χ1n) is 4.13. The molecule has 3 N–H and O–H groups in total. The molecule has 5 heteroatoms. The molecule has 0 aromatic heterocycles. The Balaban J connectivity index is 2.73. The number of ether oxygens (including phenoxy) is 1. The number of rotatable bonds is 3. The van der Waals surface area contributed by atoms with Gasteiger partial charge in [-0.25, -0.2) is 0 Å². The molecule has 1 aliphatic rings. The first-order chi connectivity index (χ1) is 6.04. The molecular weight excluding hydrogens is 176 g/mol. The molecule has 1 saturated heterocycles. The van der Waals surface area contributed by atoms with Gasteiger partial charge in [0, 0.05) is 6.42 Å². The molecule has 1 aliphatic heterocycles. The van der Waals surface area contributed by atoms with Gasteiger partial charge in [0.05, 0.1) is 19.3 Å². The summed E-state index contributed by atoms with van der Waals surface area (Å²) in [6.07, 6.45) is -1.76. The molecule has 1 rings (SSSR count). The van der Waals surface area contributed by atoms with Crippen LogP contribution in [0.5, 0.6) is 0 Å². The van der Waals surface area contributed by atoms with Crippen molar-refractivity contribution in [2.45, 2.75) is 31.2 Å². The predicted octanol–water partition coefficient (Wildman–Crippen LogP) is -1.55. The highest BCUT2D eigenvalue weighted by Crippen LogP contribution is 2.30. The summed E-state index contributed by atoms with van der Waals surface area (Å²) in [7, 11) is 0. The highest BCUT2D eigenvalue weighted by Gasteiger charge is 2.47. The molecule has 0 saturated carbocycles. The summed E-state index contributed by atoms with van der Waals surface area (Å²) < 4.78 is 5.12. The third-order valence-electron chi connectivity index (χ3n) is 2.28. The summed E-state index contributed by atoms with van der Waals surface area (Å²) in [4.78, 5) is 10.9. The lowest BCUT2D eigenvalue weighted by molar-refractivity contribution is -0.143. The SMILES string of the molecule is CC(=O)C1OC(CO)(CO)CC1O. The highest BCUT2D eigenvalue weighted by molar-refractivity contribution is 5.81. The first-order valence-corrected chi connectivity index (χ1v) is 4.13. The molecule has 1 heterocycles. The molecule has 0 bridgehead atoms. The van der Waals surface area contributed by atoms with E-state index >= 15 is 0 Å². The second-order valence-electron chi connectivity index (χ2n) is 3.42. The molecule has 76 valence electrons. The number of hydrogen-bond donors (Lipinski definition) is 3. The molecule has 0 aliphatic carbocycles. The van der Waals surface area contributed by atoms with Gasteiger partial charge in [0.2, 0.25) is 0 Å². The van der Waals surface area contributed by atoms with Crippen LogP contribution in [0.1, 0.15) is 13.3 Å². The van der Waals surface area contributed by atoms with Crippen molar-refractivity contribution in [3.8, 4) is 0 Å². The number of carbonyl (C=O) groups excluding carboxylic acids is 1. The fraction of sp³-hybridized carbons (Fsp3) is 0.875. The molecule has 2 unspecified atom stereocenters. The number of Topliss-reactive ketones (excluding diaryl/α,β-unsaturated/α-hetero) is 1. The molecule has 13 heavy (non-hydrogen) atoms. The van der Waals surface area contributed by atoms with Crippen LogP contribution in [0.2, 0.25) is 0 Å². The van der Waals surface area contributed by atoms with Crippen molar-refractivity contribution in [2.24, 2.45) is 0 Å². The summed E-state index contributed by atoms with van der Waals surface area (Å²) in [5.41, 5.74) is -1.16. The minimum Gasteiger partial charge on any atom is -0.393 e. The number of aliphatic hydroxyl groups excluding tert-OH is 3. The number of carbonyl (C=O) groups is 1. The minimum absolute atomic E-state index is 0.0875. The summed E-state index contributed by atoms with van der Waals surface area (Å²) in [6.45, 7) is 0.507. The van der Waals surface area contributed by atoms with Crippen molar-refractivity contribution in [1.82, 2.24) is 0 Å². The van der Waals surface area contributed by atoms with E-state index in [4.69, 9.17) is 14.9 Å². The summed E-state index contributed by atoms with van der Waals surface area (Å²) >= 11 is 0. The fourth-order valence-electron chi connectivity index (χ4n) is 1.49. The van der Waals surface area contributed by atoms with E-state index in [0.717, 1.165) is 0 Å². The Morgan fingerprint density at radius 2 is 2.08 bits per heavy atom. The second kappa shape index (κ2) is 3.71. The van der Waals surface area contributed by atoms with Crippen LogP contribution in [0.3, 0.4) is 0 Å². The smallest absolute Gasteiger partial charge is 0.161 e. The quantitative estimate of drug-likeness (QED) is 0.501. The van der Waals surface area contributed by atoms with Gasteiger partial charge >= 0.3 is 0 Å². The van der Waals surface area contributed by atoms with Crippen molar-refractivity contribution >= 4 is 5.78 Å². The molecule has 0 aromatic rings. The monoisotopic (exact) mass is 190 g/mol. The Kier molecular flexibility index (Phi) is 3.02. The van der Waals surface area contributed by atoms with E-state index in [9.17, 15) is 9.90 Å². The van der Waals surface area contributed by atoms with Crippen molar-refractivity contribution in [1.29, 1.82) is 0 Å². The zero-order chi connectivity index (χ0) is 10.1. The molecule has 0 amide bonds. The van der Waals surface area contributed by atoms with Crippen LogP contribution in [0.4, 0.5) is 0 Å². The van der Waals surface area contributed by atoms with Gasteiger partial charge < -0.3 is 20.1 Å². The molecule has 0 radical (unpaired) electrons. The fourth-order valence-corrected chi connectivity index (χ4v) is 1.49. The second-order valence-corrected chi connectivity index (χ2v) is 3.42. The largest absolute Gasteiger partial charge is 0.393 e. The Labute approximate surface area is 75.9 Å². The molecule has 5 nitrogen and oxygen atoms in total. The van der Waals surface area contributed by atoms with Gasteiger partial charge in [-0.3, -0.25) is 4.79 Å². The Hall–Kier alpha value is -0.490. The van der Waals surface area contributed by atoms with Gasteiger partial charge in [0.15, 0.2) is 5.78 Å². The predicted molar refractivity (Wildman–Crippen MR) is 43.1 cm³/mol. The van der Waals surface area contributed by atoms with Crippen molar-refractivity contribution in [3.05, 3.63) is 0 Å². The topological polar surface area (TPSA) is 87.0 Å². The van der Waals surface area contributed by atoms with Crippen LogP contribution in [0, 0.1) is 0 Å². The highest BCUT2D eigenvalue weighted by atomic mass is 16.6. The summed E-state index contributed by atoms with van der Waals surface area (Å²) in [5, 5.41) is 27.2. The van der Waals surface area contributed by atoms with E-state index in [1.165, 1.54) is 6.92 Å². The Bertz CT molecular complexity index is 199. The lowest BCUT2D eigenvalue weighted by Gasteiger charge is -2.23. The standard InChI is InChI=1S/C8H14O5/c1-5(11)7-6(12)2-8(3-9,4-10)13-7/h6-7,9-10,12H,2-4H2,1H3. The van der Waals surface area contributed by atoms with Gasteiger partial charge in [-0.2, -0.15) is 0 Å². The van der Waals surface area contributed by atoms with Gasteiger partial charge in [-0.1, -0.05) is 0 Å². The maximum Gasteiger partial charge on any atom is 0.161 e. The van der Waals surface area contributed by atoms with Gasteiger partial charge in [-0.05, 0) is 6.92 Å². The van der Waals surface area contributed by atoms with Gasteiger partial charge in [0.25, 0.3) is 0 Å². The average molecular weight is 190 g/mol. The normalized spacial score (nSPS) is 32.0. The summed E-state index contributed by atoms with van der Waals surface area (Å²) in [5.74, 6) is -0.295. The van der Waals surface area contributed by atoms with Crippen LogP contribution < -0.4 is 0 Å². The van der Waals surface area contributed by atoms with Crippen LogP contribution in [-0.4, -0.2) is 52.1 Å². The third kappa shape index (κ3) is 1.88.